The molecule has 0 unspecified atom stereocenters. The highest BCUT2D eigenvalue weighted by molar-refractivity contribution is 6.30. The smallest absolute Gasteiger partial charge is 0.295 e. The summed E-state index contributed by atoms with van der Waals surface area (Å²) in [4.78, 5) is 17.3. The number of ether oxygens (including phenoxy) is 1. The van der Waals surface area contributed by atoms with Gasteiger partial charge >= 0.3 is 0 Å². The summed E-state index contributed by atoms with van der Waals surface area (Å²) in [5, 5.41) is 7.72. The second kappa shape index (κ2) is 8.57. The van der Waals surface area contributed by atoms with E-state index in [9.17, 15) is 9.18 Å². The Hall–Kier alpha value is -3.71. The van der Waals surface area contributed by atoms with Gasteiger partial charge in [0.25, 0.3) is 5.91 Å². The number of rotatable bonds is 5. The van der Waals surface area contributed by atoms with Gasteiger partial charge in [0, 0.05) is 16.3 Å². The lowest BCUT2D eigenvalue weighted by Crippen LogP contribution is -2.14. The predicted molar refractivity (Wildman–Crippen MR) is 117 cm³/mol. The van der Waals surface area contributed by atoms with Crippen LogP contribution in [0.3, 0.4) is 0 Å². The Balaban J connectivity index is 1.76. The molecule has 0 aliphatic heterocycles. The summed E-state index contributed by atoms with van der Waals surface area (Å²) in [5.41, 5.74) is 2.74. The molecule has 0 saturated carbocycles. The molecule has 1 amide bonds. The van der Waals surface area contributed by atoms with Crippen molar-refractivity contribution in [3.63, 3.8) is 0 Å². The molecule has 0 aliphatic carbocycles. The molecule has 0 bridgehead atoms. The zero-order valence-corrected chi connectivity index (χ0v) is 17.5. The number of methoxy groups -OCH3 is 1. The molecule has 8 heteroatoms. The van der Waals surface area contributed by atoms with E-state index in [-0.39, 0.29) is 11.6 Å². The summed E-state index contributed by atoms with van der Waals surface area (Å²) >= 11 is 6.19. The van der Waals surface area contributed by atoms with Gasteiger partial charge in [0.1, 0.15) is 11.6 Å². The number of amides is 1. The number of benzene rings is 3. The maximum absolute atomic E-state index is 13.4. The van der Waals surface area contributed by atoms with Crippen molar-refractivity contribution in [2.24, 2.45) is 0 Å². The summed E-state index contributed by atoms with van der Waals surface area (Å²) in [6.45, 7) is 1.90. The van der Waals surface area contributed by atoms with Crippen LogP contribution >= 0.6 is 11.6 Å². The molecule has 1 aromatic heterocycles. The number of aryl methyl sites for hydroxylation is 1. The van der Waals surface area contributed by atoms with Crippen molar-refractivity contribution < 1.29 is 13.9 Å². The molecule has 31 heavy (non-hydrogen) atoms. The molecule has 0 aliphatic rings. The topological polar surface area (TPSA) is 69.0 Å². The van der Waals surface area contributed by atoms with Gasteiger partial charge in [-0.15, -0.1) is 5.10 Å². The lowest BCUT2D eigenvalue weighted by Gasteiger charge is -2.09. The monoisotopic (exact) mass is 436 g/mol. The zero-order valence-electron chi connectivity index (χ0n) is 16.8. The third-order valence-corrected chi connectivity index (χ3v) is 4.90. The van der Waals surface area contributed by atoms with E-state index < -0.39 is 5.91 Å². The van der Waals surface area contributed by atoms with E-state index in [0.29, 0.717) is 33.5 Å². The lowest BCUT2D eigenvalue weighted by atomic mass is 10.1. The van der Waals surface area contributed by atoms with Gasteiger partial charge in [0.15, 0.2) is 5.82 Å². The number of nitrogens with zero attached hydrogens (tertiary/aromatic N) is 3. The fraction of sp³-hybridized carbons (Fsp3) is 0.0870. The molecular formula is C23H18ClFN4O2. The first-order valence-electron chi connectivity index (χ1n) is 9.39. The Morgan fingerprint density at radius 3 is 2.45 bits per heavy atom. The highest BCUT2D eigenvalue weighted by Crippen LogP contribution is 2.26. The van der Waals surface area contributed by atoms with Crippen molar-refractivity contribution in [2.75, 3.05) is 12.4 Å². The number of anilines is 1. The van der Waals surface area contributed by atoms with Crippen LogP contribution in [0.15, 0.2) is 66.7 Å². The minimum Gasteiger partial charge on any atom is -0.497 e. The number of aromatic nitrogens is 3. The first-order valence-corrected chi connectivity index (χ1v) is 9.77. The van der Waals surface area contributed by atoms with Crippen LogP contribution in [0, 0.1) is 12.7 Å². The van der Waals surface area contributed by atoms with Gasteiger partial charge in [-0.25, -0.2) is 14.1 Å². The fourth-order valence-electron chi connectivity index (χ4n) is 3.03. The molecule has 0 fully saturated rings. The van der Waals surface area contributed by atoms with Crippen molar-refractivity contribution in [2.45, 2.75) is 6.92 Å². The Morgan fingerprint density at radius 1 is 1.06 bits per heavy atom. The maximum Gasteiger partial charge on any atom is 0.295 e. The molecule has 0 radical (unpaired) electrons. The van der Waals surface area contributed by atoms with Crippen LogP contribution in [0.4, 0.5) is 10.1 Å². The molecule has 1 heterocycles. The molecule has 0 spiro atoms. The number of halogens is 2. The first-order chi connectivity index (χ1) is 14.9. The molecule has 0 saturated heterocycles. The minimum atomic E-state index is -0.480. The highest BCUT2D eigenvalue weighted by atomic mass is 35.5. The van der Waals surface area contributed by atoms with Crippen molar-refractivity contribution >= 4 is 23.2 Å². The van der Waals surface area contributed by atoms with Gasteiger partial charge < -0.3 is 10.1 Å². The van der Waals surface area contributed by atoms with E-state index in [1.807, 2.05) is 13.0 Å². The van der Waals surface area contributed by atoms with Crippen LogP contribution in [-0.4, -0.2) is 27.8 Å². The van der Waals surface area contributed by atoms with Crippen LogP contribution in [0.25, 0.3) is 17.1 Å². The average molecular weight is 437 g/mol. The van der Waals surface area contributed by atoms with Gasteiger partial charge in [-0.1, -0.05) is 17.7 Å². The predicted octanol–water partition coefficient (Wildman–Crippen LogP) is 5.30. The third-order valence-electron chi connectivity index (χ3n) is 4.66. The van der Waals surface area contributed by atoms with Crippen LogP contribution < -0.4 is 10.1 Å². The van der Waals surface area contributed by atoms with E-state index in [0.717, 1.165) is 5.56 Å². The Bertz CT molecular complexity index is 1240. The Labute approximate surface area is 183 Å². The van der Waals surface area contributed by atoms with E-state index in [1.54, 1.807) is 55.6 Å². The number of nitrogens with one attached hydrogen (secondary N) is 1. The van der Waals surface area contributed by atoms with Gasteiger partial charge in [-0.3, -0.25) is 4.79 Å². The minimum absolute atomic E-state index is 0.0329. The summed E-state index contributed by atoms with van der Waals surface area (Å²) in [5.74, 6) is 0.188. The SMILES string of the molecule is COc1ccc(NC(=O)c2nc(-c3ccc(F)cc3)n(-c3cc(Cl)ccc3C)n2)cc1. The van der Waals surface area contributed by atoms with E-state index >= 15 is 0 Å². The normalized spacial score (nSPS) is 10.7. The average Bonchev–Trinajstić information content (AvgIpc) is 3.22. The fourth-order valence-corrected chi connectivity index (χ4v) is 3.20. The molecule has 3 aromatic carbocycles. The first kappa shape index (κ1) is 20.6. The van der Waals surface area contributed by atoms with E-state index in [2.05, 4.69) is 15.4 Å². The summed E-state index contributed by atoms with van der Waals surface area (Å²) in [7, 11) is 1.57. The summed E-state index contributed by atoms with van der Waals surface area (Å²) in [6, 6.07) is 18.1. The molecule has 4 rings (SSSR count). The number of carbonyl (C=O) groups is 1. The lowest BCUT2D eigenvalue weighted by molar-refractivity contribution is 0.101. The third kappa shape index (κ3) is 4.41. The molecule has 0 atom stereocenters. The van der Waals surface area contributed by atoms with Gasteiger partial charge in [-0.2, -0.15) is 0 Å². The molecular weight excluding hydrogens is 419 g/mol. The highest BCUT2D eigenvalue weighted by Gasteiger charge is 2.20. The van der Waals surface area contributed by atoms with Crippen molar-refractivity contribution in [3.05, 3.63) is 89.0 Å². The quantitative estimate of drug-likeness (QED) is 0.461. The number of hydrogen-bond acceptors (Lipinski definition) is 4. The van der Waals surface area contributed by atoms with Crippen LogP contribution in [0.1, 0.15) is 16.2 Å². The van der Waals surface area contributed by atoms with Crippen molar-refractivity contribution in [1.29, 1.82) is 0 Å². The summed E-state index contributed by atoms with van der Waals surface area (Å²) < 4.78 is 20.1. The van der Waals surface area contributed by atoms with E-state index in [1.165, 1.54) is 16.8 Å². The second-order valence-corrected chi connectivity index (χ2v) is 7.23. The van der Waals surface area contributed by atoms with Crippen LogP contribution in [0.2, 0.25) is 5.02 Å². The molecule has 6 nitrogen and oxygen atoms in total. The van der Waals surface area contributed by atoms with Crippen LogP contribution in [0.5, 0.6) is 5.75 Å². The number of carbonyl (C=O) groups excluding carboxylic acids is 1. The second-order valence-electron chi connectivity index (χ2n) is 6.79. The van der Waals surface area contributed by atoms with Crippen molar-refractivity contribution in [1.82, 2.24) is 14.8 Å². The maximum atomic E-state index is 13.4. The largest absolute Gasteiger partial charge is 0.497 e. The van der Waals surface area contributed by atoms with E-state index in [4.69, 9.17) is 16.3 Å². The number of hydrogen-bond donors (Lipinski definition) is 1. The Kier molecular flexibility index (Phi) is 5.68. The van der Waals surface area contributed by atoms with Crippen molar-refractivity contribution in [3.8, 4) is 22.8 Å². The zero-order chi connectivity index (χ0) is 22.0. The summed E-state index contributed by atoms with van der Waals surface area (Å²) in [6.07, 6.45) is 0. The van der Waals surface area contributed by atoms with Gasteiger partial charge in [0.05, 0.1) is 12.8 Å². The molecule has 1 N–H and O–H groups in total. The Morgan fingerprint density at radius 2 is 1.77 bits per heavy atom. The standard InChI is InChI=1S/C23H18ClFN4O2/c1-14-3-6-16(24)13-20(14)29-22(15-4-7-17(25)8-5-15)27-21(28-29)23(30)26-18-9-11-19(31-2)12-10-18/h3-13H,1-2H3,(H,26,30). The molecule has 156 valence electrons. The van der Waals surface area contributed by atoms with Gasteiger partial charge in [0.2, 0.25) is 5.82 Å². The van der Waals surface area contributed by atoms with Gasteiger partial charge in [-0.05, 0) is 73.2 Å². The van der Waals surface area contributed by atoms with Crippen LogP contribution in [-0.2, 0) is 0 Å². The molecule has 4 aromatic rings.